The summed E-state index contributed by atoms with van der Waals surface area (Å²) in [6.07, 6.45) is 1.72. The fourth-order valence-corrected chi connectivity index (χ4v) is 3.27. The van der Waals surface area contributed by atoms with Crippen LogP contribution >= 0.6 is 0 Å². The van der Waals surface area contributed by atoms with Crippen LogP contribution in [0.15, 0.2) is 48.5 Å². The maximum atomic E-state index is 12.3. The van der Waals surface area contributed by atoms with Gasteiger partial charge in [-0.1, -0.05) is 24.6 Å². The van der Waals surface area contributed by atoms with E-state index in [4.69, 9.17) is 4.74 Å². The molecule has 0 fully saturated rings. The van der Waals surface area contributed by atoms with Crippen LogP contribution in [-0.4, -0.2) is 46.7 Å². The number of hydrogen-bond acceptors (Lipinski definition) is 7. The molecule has 0 aromatic heterocycles. The molecule has 2 aromatic carbocycles. The van der Waals surface area contributed by atoms with Gasteiger partial charge in [-0.3, -0.25) is 34.2 Å². The number of nitro groups is 1. The number of ether oxygens (including phenoxy) is 1. The number of fused-ring (bicyclic) bond motifs is 1. The van der Waals surface area contributed by atoms with Gasteiger partial charge in [-0.2, -0.15) is 0 Å². The number of nitrogens with zero attached hydrogens (tertiary/aromatic N) is 2. The summed E-state index contributed by atoms with van der Waals surface area (Å²) < 4.78 is 4.91. The minimum Gasteiger partial charge on any atom is -0.456 e. The minimum atomic E-state index is -0.607. The molecule has 3 amide bonds. The SMILES string of the molecule is O=C(COC(=O)CCCCCN1C(=O)c2ccccc2C1=O)Nc1cccc([N+](=O)[O-])c1. The molecule has 0 aliphatic carbocycles. The number of esters is 1. The first-order valence-electron chi connectivity index (χ1n) is 10.0. The standard InChI is InChI=1S/C22H21N3O7/c26-19(23-15-7-6-8-16(13-15)25(30)31)14-32-20(27)11-2-1-5-12-24-21(28)17-9-3-4-10-18(17)22(24)29/h3-4,6-10,13H,1-2,5,11-12,14H2,(H,23,26). The summed E-state index contributed by atoms with van der Waals surface area (Å²) in [5.74, 6) is -1.77. The van der Waals surface area contributed by atoms with Gasteiger partial charge < -0.3 is 10.1 Å². The molecule has 32 heavy (non-hydrogen) atoms. The van der Waals surface area contributed by atoms with E-state index >= 15 is 0 Å². The smallest absolute Gasteiger partial charge is 0.306 e. The third-order valence-corrected chi connectivity index (χ3v) is 4.85. The normalized spacial score (nSPS) is 12.4. The molecule has 1 aliphatic rings. The predicted octanol–water partition coefficient (Wildman–Crippen LogP) is 2.93. The van der Waals surface area contributed by atoms with E-state index in [1.807, 2.05) is 0 Å². The van der Waals surface area contributed by atoms with Crippen LogP contribution in [0.4, 0.5) is 11.4 Å². The number of carbonyl (C=O) groups excluding carboxylic acids is 4. The first-order chi connectivity index (χ1) is 15.4. The Labute approximate surface area is 183 Å². The van der Waals surface area contributed by atoms with Gasteiger partial charge in [-0.15, -0.1) is 0 Å². The van der Waals surface area contributed by atoms with E-state index in [0.717, 1.165) is 0 Å². The molecular weight excluding hydrogens is 418 g/mol. The van der Waals surface area contributed by atoms with E-state index in [2.05, 4.69) is 5.32 Å². The Kier molecular flexibility index (Phi) is 7.27. The van der Waals surface area contributed by atoms with Gasteiger partial charge >= 0.3 is 5.97 Å². The molecule has 0 saturated heterocycles. The van der Waals surface area contributed by atoms with Crippen molar-refractivity contribution in [3.05, 3.63) is 69.8 Å². The van der Waals surface area contributed by atoms with Crippen LogP contribution in [-0.2, 0) is 14.3 Å². The van der Waals surface area contributed by atoms with Crippen molar-refractivity contribution >= 4 is 35.1 Å². The number of nitrogens with one attached hydrogen (secondary N) is 1. The maximum Gasteiger partial charge on any atom is 0.306 e. The second kappa shape index (κ2) is 10.3. The highest BCUT2D eigenvalue weighted by Crippen LogP contribution is 2.23. The molecule has 0 atom stereocenters. The van der Waals surface area contributed by atoms with Crippen molar-refractivity contribution in [2.24, 2.45) is 0 Å². The van der Waals surface area contributed by atoms with E-state index in [1.54, 1.807) is 24.3 Å². The van der Waals surface area contributed by atoms with Gasteiger partial charge in [0.2, 0.25) is 0 Å². The molecule has 2 aromatic rings. The molecule has 0 unspecified atom stereocenters. The lowest BCUT2D eigenvalue weighted by atomic mass is 10.1. The van der Waals surface area contributed by atoms with Crippen molar-refractivity contribution < 1.29 is 28.8 Å². The van der Waals surface area contributed by atoms with Crippen LogP contribution in [0.1, 0.15) is 46.4 Å². The summed E-state index contributed by atoms with van der Waals surface area (Å²) >= 11 is 0. The highest BCUT2D eigenvalue weighted by atomic mass is 16.6. The zero-order valence-corrected chi connectivity index (χ0v) is 17.1. The first-order valence-corrected chi connectivity index (χ1v) is 10.0. The highest BCUT2D eigenvalue weighted by Gasteiger charge is 2.34. The Morgan fingerprint density at radius 2 is 1.66 bits per heavy atom. The number of hydrogen-bond donors (Lipinski definition) is 1. The summed E-state index contributed by atoms with van der Waals surface area (Å²) in [5.41, 5.74) is 0.878. The van der Waals surface area contributed by atoms with Gasteiger partial charge in [-0.25, -0.2) is 0 Å². The Hall–Kier alpha value is -4.08. The van der Waals surface area contributed by atoms with Crippen LogP contribution in [0.2, 0.25) is 0 Å². The molecule has 10 heteroatoms. The summed E-state index contributed by atoms with van der Waals surface area (Å²) in [4.78, 5) is 59.6. The van der Waals surface area contributed by atoms with Gasteiger partial charge in [0.1, 0.15) is 0 Å². The molecule has 0 spiro atoms. The fourth-order valence-electron chi connectivity index (χ4n) is 3.27. The number of benzene rings is 2. The molecule has 0 bridgehead atoms. The van der Waals surface area contributed by atoms with E-state index in [0.29, 0.717) is 30.4 Å². The van der Waals surface area contributed by atoms with E-state index in [9.17, 15) is 29.3 Å². The predicted molar refractivity (Wildman–Crippen MR) is 113 cm³/mol. The Morgan fingerprint density at radius 1 is 0.969 bits per heavy atom. The largest absolute Gasteiger partial charge is 0.456 e. The number of non-ortho nitro benzene ring substituents is 1. The van der Waals surface area contributed by atoms with Crippen LogP contribution in [0.25, 0.3) is 0 Å². The molecule has 1 N–H and O–H groups in total. The molecule has 0 saturated carbocycles. The molecule has 3 rings (SSSR count). The van der Waals surface area contributed by atoms with Crippen molar-refractivity contribution in [1.82, 2.24) is 4.90 Å². The third-order valence-electron chi connectivity index (χ3n) is 4.85. The number of rotatable bonds is 10. The van der Waals surface area contributed by atoms with E-state index in [-0.39, 0.29) is 36.2 Å². The van der Waals surface area contributed by atoms with Crippen molar-refractivity contribution in [3.8, 4) is 0 Å². The Morgan fingerprint density at radius 3 is 2.31 bits per heavy atom. The molecule has 1 aliphatic heterocycles. The lowest BCUT2D eigenvalue weighted by Gasteiger charge is -2.13. The zero-order chi connectivity index (χ0) is 23.1. The lowest BCUT2D eigenvalue weighted by molar-refractivity contribution is -0.384. The Balaban J connectivity index is 1.32. The second-order valence-corrected chi connectivity index (χ2v) is 7.13. The monoisotopic (exact) mass is 439 g/mol. The van der Waals surface area contributed by atoms with Crippen molar-refractivity contribution in [1.29, 1.82) is 0 Å². The number of nitro benzene ring substituents is 1. The third kappa shape index (κ3) is 5.54. The van der Waals surface area contributed by atoms with E-state index < -0.39 is 23.4 Å². The summed E-state index contributed by atoms with van der Waals surface area (Å²) in [6, 6.07) is 12.1. The molecular formula is C22H21N3O7. The quantitative estimate of drug-likeness (QED) is 0.198. The van der Waals surface area contributed by atoms with Gasteiger partial charge in [0.05, 0.1) is 16.1 Å². The van der Waals surface area contributed by atoms with Gasteiger partial charge in [0.25, 0.3) is 23.4 Å². The van der Waals surface area contributed by atoms with Crippen molar-refractivity contribution in [2.45, 2.75) is 25.7 Å². The summed E-state index contributed by atoms with van der Waals surface area (Å²) in [6.45, 7) is -0.233. The second-order valence-electron chi connectivity index (χ2n) is 7.13. The number of anilines is 1. The number of carbonyl (C=O) groups is 4. The maximum absolute atomic E-state index is 12.3. The Bertz CT molecular complexity index is 1030. The number of unbranched alkanes of at least 4 members (excludes halogenated alkanes) is 2. The summed E-state index contributed by atoms with van der Waals surface area (Å²) in [5, 5.41) is 13.2. The number of amides is 3. The molecule has 1 heterocycles. The number of imide groups is 1. The van der Waals surface area contributed by atoms with Crippen LogP contribution in [0, 0.1) is 10.1 Å². The minimum absolute atomic E-state index is 0.0895. The summed E-state index contributed by atoms with van der Waals surface area (Å²) in [7, 11) is 0. The molecule has 166 valence electrons. The topological polar surface area (TPSA) is 136 Å². The van der Waals surface area contributed by atoms with Crippen LogP contribution < -0.4 is 5.32 Å². The zero-order valence-electron chi connectivity index (χ0n) is 17.1. The highest BCUT2D eigenvalue weighted by molar-refractivity contribution is 6.21. The van der Waals surface area contributed by atoms with Gasteiger partial charge in [0, 0.05) is 30.8 Å². The van der Waals surface area contributed by atoms with Crippen LogP contribution in [0.5, 0.6) is 0 Å². The van der Waals surface area contributed by atoms with Gasteiger partial charge in [-0.05, 0) is 31.0 Å². The lowest BCUT2D eigenvalue weighted by Crippen LogP contribution is -2.30. The van der Waals surface area contributed by atoms with Crippen LogP contribution in [0.3, 0.4) is 0 Å². The van der Waals surface area contributed by atoms with Gasteiger partial charge in [0.15, 0.2) is 6.61 Å². The van der Waals surface area contributed by atoms with Crippen molar-refractivity contribution in [3.63, 3.8) is 0 Å². The average molecular weight is 439 g/mol. The molecule has 0 radical (unpaired) electrons. The fraction of sp³-hybridized carbons (Fsp3) is 0.273. The molecule has 10 nitrogen and oxygen atoms in total. The van der Waals surface area contributed by atoms with E-state index in [1.165, 1.54) is 29.2 Å². The van der Waals surface area contributed by atoms with Crippen molar-refractivity contribution in [2.75, 3.05) is 18.5 Å². The average Bonchev–Trinajstić information content (AvgIpc) is 3.02. The first kappa shape index (κ1) is 22.6.